The van der Waals surface area contributed by atoms with Crippen LogP contribution in [-0.2, 0) is 9.53 Å². The van der Waals surface area contributed by atoms with E-state index in [9.17, 15) is 14.7 Å². The number of ether oxygens (including phenoxy) is 1. The summed E-state index contributed by atoms with van der Waals surface area (Å²) in [6, 6.07) is 13.5. The summed E-state index contributed by atoms with van der Waals surface area (Å²) in [5.74, 6) is -1.10. The van der Waals surface area contributed by atoms with Gasteiger partial charge in [-0.25, -0.2) is 4.79 Å². The molecule has 0 fully saturated rings. The normalized spacial score (nSPS) is 11.7. The number of aromatic hydroxyl groups is 1. The lowest BCUT2D eigenvalue weighted by atomic mass is 10.0. The Labute approximate surface area is 122 Å². The molecular formula is C16H15NO4. The van der Waals surface area contributed by atoms with Crippen molar-refractivity contribution in [2.24, 2.45) is 5.73 Å². The van der Waals surface area contributed by atoms with Gasteiger partial charge in [0.15, 0.2) is 6.10 Å². The minimum atomic E-state index is -0.964. The standard InChI is InChI=1S/C16H15NO4/c1-10(15(17)19)21-16(20)13-4-2-11(3-5-13)12-6-8-14(18)9-7-12/h2-10,18H,1H3,(H2,17,19)/t10-/m1/s1. The largest absolute Gasteiger partial charge is 0.508 e. The number of esters is 1. The van der Waals surface area contributed by atoms with Crippen molar-refractivity contribution in [2.75, 3.05) is 0 Å². The van der Waals surface area contributed by atoms with Crippen LogP contribution in [0.5, 0.6) is 5.75 Å². The van der Waals surface area contributed by atoms with E-state index in [1.165, 1.54) is 6.92 Å². The molecule has 108 valence electrons. The summed E-state index contributed by atoms with van der Waals surface area (Å²) < 4.78 is 4.91. The molecule has 5 heteroatoms. The van der Waals surface area contributed by atoms with Crippen molar-refractivity contribution in [3.05, 3.63) is 54.1 Å². The van der Waals surface area contributed by atoms with E-state index < -0.39 is 18.0 Å². The van der Waals surface area contributed by atoms with Crippen molar-refractivity contribution >= 4 is 11.9 Å². The van der Waals surface area contributed by atoms with E-state index in [2.05, 4.69) is 0 Å². The van der Waals surface area contributed by atoms with E-state index >= 15 is 0 Å². The van der Waals surface area contributed by atoms with E-state index in [-0.39, 0.29) is 5.75 Å². The number of phenols is 1. The van der Waals surface area contributed by atoms with Gasteiger partial charge in [0.05, 0.1) is 5.56 Å². The second-order valence-corrected chi connectivity index (χ2v) is 4.57. The molecule has 3 N–H and O–H groups in total. The van der Waals surface area contributed by atoms with Crippen LogP contribution in [0.4, 0.5) is 0 Å². The third-order valence-electron chi connectivity index (χ3n) is 3.01. The molecule has 0 saturated heterocycles. The van der Waals surface area contributed by atoms with Gasteiger partial charge in [0.2, 0.25) is 0 Å². The second-order valence-electron chi connectivity index (χ2n) is 4.57. The summed E-state index contributed by atoms with van der Waals surface area (Å²) in [6.07, 6.45) is -0.964. The minimum Gasteiger partial charge on any atom is -0.508 e. The molecule has 0 aliphatic rings. The summed E-state index contributed by atoms with van der Waals surface area (Å²) in [7, 11) is 0. The molecule has 0 aliphatic carbocycles. The third kappa shape index (κ3) is 3.60. The minimum absolute atomic E-state index is 0.194. The number of benzene rings is 2. The Morgan fingerprint density at radius 1 is 1.00 bits per heavy atom. The van der Waals surface area contributed by atoms with Crippen LogP contribution in [0.15, 0.2) is 48.5 Å². The molecule has 0 saturated carbocycles. The van der Waals surface area contributed by atoms with Gasteiger partial charge in [-0.1, -0.05) is 24.3 Å². The maximum absolute atomic E-state index is 11.8. The van der Waals surface area contributed by atoms with E-state index in [0.29, 0.717) is 5.56 Å². The highest BCUT2D eigenvalue weighted by Gasteiger charge is 2.15. The van der Waals surface area contributed by atoms with E-state index in [1.54, 1.807) is 48.5 Å². The molecule has 0 heterocycles. The van der Waals surface area contributed by atoms with Crippen molar-refractivity contribution < 1.29 is 19.4 Å². The number of primary amides is 1. The Hall–Kier alpha value is -2.82. The number of nitrogens with two attached hydrogens (primary N) is 1. The molecule has 1 atom stereocenters. The van der Waals surface area contributed by atoms with Crippen LogP contribution >= 0.6 is 0 Å². The van der Waals surface area contributed by atoms with Gasteiger partial charge in [0.25, 0.3) is 5.91 Å². The maximum atomic E-state index is 11.8. The lowest BCUT2D eigenvalue weighted by Gasteiger charge is -2.10. The van der Waals surface area contributed by atoms with Crippen LogP contribution < -0.4 is 5.73 Å². The zero-order valence-corrected chi connectivity index (χ0v) is 11.4. The Balaban J connectivity index is 2.13. The highest BCUT2D eigenvalue weighted by Crippen LogP contribution is 2.22. The van der Waals surface area contributed by atoms with Gasteiger partial charge in [-0.15, -0.1) is 0 Å². The number of hydrogen-bond acceptors (Lipinski definition) is 4. The first-order chi connectivity index (χ1) is 9.97. The zero-order valence-electron chi connectivity index (χ0n) is 11.4. The molecule has 21 heavy (non-hydrogen) atoms. The summed E-state index contributed by atoms with van der Waals surface area (Å²) >= 11 is 0. The Bertz CT molecular complexity index is 647. The van der Waals surface area contributed by atoms with E-state index in [4.69, 9.17) is 10.5 Å². The molecular weight excluding hydrogens is 270 g/mol. The lowest BCUT2D eigenvalue weighted by molar-refractivity contribution is -0.125. The Morgan fingerprint density at radius 3 is 1.95 bits per heavy atom. The molecule has 0 radical (unpaired) electrons. The van der Waals surface area contributed by atoms with Gasteiger partial charge in [-0.2, -0.15) is 0 Å². The third-order valence-corrected chi connectivity index (χ3v) is 3.01. The van der Waals surface area contributed by atoms with Crippen LogP contribution in [0.2, 0.25) is 0 Å². The van der Waals surface area contributed by atoms with Crippen LogP contribution in [0, 0.1) is 0 Å². The number of rotatable bonds is 4. The molecule has 0 unspecified atom stereocenters. The monoisotopic (exact) mass is 285 g/mol. The number of hydrogen-bond donors (Lipinski definition) is 2. The predicted molar refractivity (Wildman–Crippen MR) is 77.6 cm³/mol. The topological polar surface area (TPSA) is 89.6 Å². The highest BCUT2D eigenvalue weighted by atomic mass is 16.5. The molecule has 2 aromatic rings. The fourth-order valence-electron chi connectivity index (χ4n) is 1.74. The predicted octanol–water partition coefficient (Wildman–Crippen LogP) is 2.09. The van der Waals surface area contributed by atoms with Crippen LogP contribution in [-0.4, -0.2) is 23.1 Å². The van der Waals surface area contributed by atoms with Crippen LogP contribution in [0.25, 0.3) is 11.1 Å². The molecule has 2 rings (SSSR count). The summed E-state index contributed by atoms with van der Waals surface area (Å²) in [5.41, 5.74) is 7.19. The molecule has 0 aliphatic heterocycles. The lowest BCUT2D eigenvalue weighted by Crippen LogP contribution is -2.30. The zero-order chi connectivity index (χ0) is 15.4. The van der Waals surface area contributed by atoms with Crippen molar-refractivity contribution in [2.45, 2.75) is 13.0 Å². The van der Waals surface area contributed by atoms with Gasteiger partial charge in [-0.05, 0) is 42.3 Å². The van der Waals surface area contributed by atoms with Crippen molar-refractivity contribution in [3.8, 4) is 16.9 Å². The first-order valence-corrected chi connectivity index (χ1v) is 6.37. The van der Waals surface area contributed by atoms with Gasteiger partial charge >= 0.3 is 5.97 Å². The maximum Gasteiger partial charge on any atom is 0.338 e. The molecule has 2 aromatic carbocycles. The molecule has 0 spiro atoms. The molecule has 0 bridgehead atoms. The average Bonchev–Trinajstić information content (AvgIpc) is 2.48. The van der Waals surface area contributed by atoms with Gasteiger partial charge in [-0.3, -0.25) is 4.79 Å². The van der Waals surface area contributed by atoms with Crippen molar-refractivity contribution in [1.82, 2.24) is 0 Å². The second kappa shape index (κ2) is 6.09. The van der Waals surface area contributed by atoms with Crippen LogP contribution in [0.1, 0.15) is 17.3 Å². The number of carbonyl (C=O) groups excluding carboxylic acids is 2. The Kier molecular flexibility index (Phi) is 4.23. The highest BCUT2D eigenvalue weighted by molar-refractivity contribution is 5.92. The van der Waals surface area contributed by atoms with Gasteiger partial charge in [0, 0.05) is 0 Å². The fraction of sp³-hybridized carbons (Fsp3) is 0.125. The number of amides is 1. The average molecular weight is 285 g/mol. The first kappa shape index (κ1) is 14.6. The summed E-state index contributed by atoms with van der Waals surface area (Å²) in [6.45, 7) is 1.42. The van der Waals surface area contributed by atoms with E-state index in [0.717, 1.165) is 11.1 Å². The summed E-state index contributed by atoms with van der Waals surface area (Å²) in [4.78, 5) is 22.6. The molecule has 0 aromatic heterocycles. The summed E-state index contributed by atoms with van der Waals surface area (Å²) in [5, 5.41) is 9.25. The van der Waals surface area contributed by atoms with Crippen molar-refractivity contribution in [3.63, 3.8) is 0 Å². The van der Waals surface area contributed by atoms with Gasteiger partial charge < -0.3 is 15.6 Å². The quantitative estimate of drug-likeness (QED) is 0.842. The smallest absolute Gasteiger partial charge is 0.338 e. The SMILES string of the molecule is C[C@@H](OC(=O)c1ccc(-c2ccc(O)cc2)cc1)C(N)=O. The first-order valence-electron chi connectivity index (χ1n) is 6.37. The molecule has 5 nitrogen and oxygen atoms in total. The van der Waals surface area contributed by atoms with E-state index in [1.807, 2.05) is 0 Å². The Morgan fingerprint density at radius 2 is 1.48 bits per heavy atom. The number of phenolic OH excluding ortho intramolecular Hbond substituents is 1. The van der Waals surface area contributed by atoms with Gasteiger partial charge in [0.1, 0.15) is 5.75 Å². The molecule has 1 amide bonds. The van der Waals surface area contributed by atoms with Crippen molar-refractivity contribution in [1.29, 1.82) is 0 Å². The van der Waals surface area contributed by atoms with Crippen LogP contribution in [0.3, 0.4) is 0 Å². The fourth-order valence-corrected chi connectivity index (χ4v) is 1.74. The number of carbonyl (C=O) groups is 2.